The van der Waals surface area contributed by atoms with E-state index in [1.54, 1.807) is 4.68 Å². The van der Waals surface area contributed by atoms with Gasteiger partial charge in [-0.05, 0) is 49.1 Å². The van der Waals surface area contributed by atoms with Crippen LogP contribution < -0.4 is 0 Å². The average molecular weight is 480 g/mol. The molecule has 0 bridgehead atoms. The number of ketones is 1. The van der Waals surface area contributed by atoms with Crippen molar-refractivity contribution >= 4 is 23.3 Å². The minimum atomic E-state index is -0.830. The van der Waals surface area contributed by atoms with Gasteiger partial charge in [-0.3, -0.25) is 14.3 Å². The van der Waals surface area contributed by atoms with E-state index < -0.39 is 24.2 Å². The molecule has 0 saturated heterocycles. The van der Waals surface area contributed by atoms with Crippen molar-refractivity contribution in [1.82, 2.24) is 14.7 Å². The summed E-state index contributed by atoms with van der Waals surface area (Å²) in [6, 6.07) is 4.07. The van der Waals surface area contributed by atoms with Gasteiger partial charge in [0.25, 0.3) is 5.91 Å². The molecular formula is C25H32ClF2N3O2. The van der Waals surface area contributed by atoms with Crippen molar-refractivity contribution < 1.29 is 18.4 Å². The number of rotatable bonds is 7. The summed E-state index contributed by atoms with van der Waals surface area (Å²) < 4.78 is 30.1. The van der Waals surface area contributed by atoms with E-state index >= 15 is 0 Å². The normalized spacial score (nSPS) is 18.9. The molecule has 0 radical (unpaired) electrons. The molecular weight excluding hydrogens is 448 g/mol. The summed E-state index contributed by atoms with van der Waals surface area (Å²) in [5.74, 6) is -1.20. The monoisotopic (exact) mass is 479 g/mol. The molecule has 8 heteroatoms. The van der Waals surface area contributed by atoms with E-state index in [0.717, 1.165) is 31.7 Å². The van der Waals surface area contributed by atoms with Crippen LogP contribution in [0, 0.1) is 17.2 Å². The fourth-order valence-electron chi connectivity index (χ4n) is 4.46. The number of benzene rings is 1. The summed E-state index contributed by atoms with van der Waals surface area (Å²) in [6.07, 6.45) is 5.24. The summed E-state index contributed by atoms with van der Waals surface area (Å²) in [7, 11) is 0. The third kappa shape index (κ3) is 5.99. The molecule has 1 saturated carbocycles. The third-order valence-electron chi connectivity index (χ3n) is 6.12. The molecule has 180 valence electrons. The number of halogens is 3. The molecule has 0 atom stereocenters. The number of hydrogen-bond donors (Lipinski definition) is 0. The third-order valence-corrected chi connectivity index (χ3v) is 6.43. The first-order valence-electron chi connectivity index (χ1n) is 11.4. The number of aromatic nitrogens is 2. The molecule has 0 unspecified atom stereocenters. The predicted octanol–water partition coefficient (Wildman–Crippen LogP) is 6.27. The van der Waals surface area contributed by atoms with Crippen LogP contribution in [0.3, 0.4) is 0 Å². The van der Waals surface area contributed by atoms with Crippen LogP contribution in [0.25, 0.3) is 0 Å². The van der Waals surface area contributed by atoms with Crippen LogP contribution in [0.2, 0.25) is 5.02 Å². The Morgan fingerprint density at radius 2 is 1.88 bits per heavy atom. The van der Waals surface area contributed by atoms with E-state index in [1.807, 2.05) is 20.8 Å². The van der Waals surface area contributed by atoms with Crippen LogP contribution in [0.15, 0.2) is 24.4 Å². The highest BCUT2D eigenvalue weighted by Gasteiger charge is 2.31. The molecule has 1 aromatic heterocycles. The van der Waals surface area contributed by atoms with Crippen molar-refractivity contribution in [3.63, 3.8) is 0 Å². The van der Waals surface area contributed by atoms with Crippen molar-refractivity contribution in [2.75, 3.05) is 13.1 Å². The first kappa shape index (κ1) is 25.3. The molecule has 1 amide bonds. The fraction of sp³-hybridized carbons (Fsp3) is 0.560. The molecule has 33 heavy (non-hydrogen) atoms. The zero-order valence-corrected chi connectivity index (χ0v) is 20.5. The number of hydrogen-bond acceptors (Lipinski definition) is 3. The Bertz CT molecular complexity index is 987. The summed E-state index contributed by atoms with van der Waals surface area (Å²) in [6.45, 7) is 7.01. The molecule has 0 aliphatic heterocycles. The maximum atomic E-state index is 14.3. The van der Waals surface area contributed by atoms with Gasteiger partial charge in [0, 0.05) is 6.54 Å². The zero-order valence-electron chi connectivity index (χ0n) is 19.7. The van der Waals surface area contributed by atoms with Gasteiger partial charge in [-0.2, -0.15) is 5.10 Å². The van der Waals surface area contributed by atoms with Crippen molar-refractivity contribution in [1.29, 1.82) is 0 Å². The van der Waals surface area contributed by atoms with Gasteiger partial charge in [0.15, 0.2) is 5.78 Å². The lowest BCUT2D eigenvalue weighted by Crippen LogP contribution is -2.41. The lowest BCUT2D eigenvalue weighted by atomic mass is 9.87. The molecule has 1 aromatic carbocycles. The Labute approximate surface area is 199 Å². The fourth-order valence-corrected chi connectivity index (χ4v) is 4.73. The number of nitrogens with zero attached hydrogens (tertiary/aromatic N) is 3. The molecule has 1 aliphatic rings. The number of carbonyl (C=O) groups excluding carboxylic acids is 2. The van der Waals surface area contributed by atoms with E-state index in [0.29, 0.717) is 5.92 Å². The second-order valence-electron chi connectivity index (χ2n) is 10.2. The van der Waals surface area contributed by atoms with Crippen LogP contribution in [0.4, 0.5) is 8.78 Å². The first-order valence-corrected chi connectivity index (χ1v) is 11.8. The SMILES string of the molecule is CC(C)(C)CN(CC(=O)c1c(F)cccc1Cl)C(=O)c1cnn([C@H]2CC[C@@H](C)CC2)c1CF. The standard InChI is InChI=1S/C25H32ClF2N3O2/c1-16-8-10-17(11-9-16)31-21(12-27)18(13-29-31)24(33)30(15-25(2,3)4)14-22(32)23-19(26)6-5-7-20(23)28/h5-7,13,16-17H,8-12,14-15H2,1-4H3/t16-,17+. The number of carbonyl (C=O) groups is 2. The van der Waals surface area contributed by atoms with Gasteiger partial charge in [-0.25, -0.2) is 8.78 Å². The largest absolute Gasteiger partial charge is 0.330 e. The lowest BCUT2D eigenvalue weighted by molar-refractivity contribution is 0.0651. The Hall–Kier alpha value is -2.28. The minimum absolute atomic E-state index is 0.00745. The highest BCUT2D eigenvalue weighted by atomic mass is 35.5. The number of Topliss-reactive ketones (excluding diaryl/α,β-unsaturated/α-hetero) is 1. The maximum absolute atomic E-state index is 14.3. The first-order chi connectivity index (χ1) is 15.5. The van der Waals surface area contributed by atoms with Gasteiger partial charge in [-0.1, -0.05) is 45.4 Å². The Balaban J connectivity index is 1.90. The predicted molar refractivity (Wildman–Crippen MR) is 125 cm³/mol. The van der Waals surface area contributed by atoms with Gasteiger partial charge in [0.2, 0.25) is 0 Å². The second-order valence-corrected chi connectivity index (χ2v) is 10.6. The zero-order chi connectivity index (χ0) is 24.3. The van der Waals surface area contributed by atoms with Crippen LogP contribution in [-0.2, 0) is 6.67 Å². The molecule has 2 aromatic rings. The molecule has 5 nitrogen and oxygen atoms in total. The van der Waals surface area contributed by atoms with E-state index in [4.69, 9.17) is 11.6 Å². The van der Waals surface area contributed by atoms with Crippen LogP contribution in [0.5, 0.6) is 0 Å². The Morgan fingerprint density at radius 1 is 1.21 bits per heavy atom. The topological polar surface area (TPSA) is 55.2 Å². The quantitative estimate of drug-likeness (QED) is 0.440. The lowest BCUT2D eigenvalue weighted by Gasteiger charge is -2.30. The average Bonchev–Trinajstić information content (AvgIpc) is 3.16. The van der Waals surface area contributed by atoms with Crippen LogP contribution >= 0.6 is 11.6 Å². The molecule has 0 spiro atoms. The van der Waals surface area contributed by atoms with Crippen LogP contribution in [0.1, 0.15) is 85.8 Å². The van der Waals surface area contributed by atoms with Gasteiger partial charge < -0.3 is 4.90 Å². The van der Waals surface area contributed by atoms with E-state index in [2.05, 4.69) is 12.0 Å². The molecule has 1 fully saturated rings. The van der Waals surface area contributed by atoms with Gasteiger partial charge in [0.1, 0.15) is 12.5 Å². The number of amides is 1. The Kier molecular flexibility index (Phi) is 7.93. The second kappa shape index (κ2) is 10.3. The minimum Gasteiger partial charge on any atom is -0.330 e. The van der Waals surface area contributed by atoms with Crippen molar-refractivity contribution in [2.45, 2.75) is 66.1 Å². The maximum Gasteiger partial charge on any atom is 0.257 e. The van der Waals surface area contributed by atoms with Gasteiger partial charge >= 0.3 is 0 Å². The molecule has 0 N–H and O–H groups in total. The smallest absolute Gasteiger partial charge is 0.257 e. The summed E-state index contributed by atoms with van der Waals surface area (Å²) in [4.78, 5) is 27.8. The highest BCUT2D eigenvalue weighted by Crippen LogP contribution is 2.33. The van der Waals surface area contributed by atoms with Crippen molar-refractivity contribution in [3.8, 4) is 0 Å². The van der Waals surface area contributed by atoms with E-state index in [1.165, 1.54) is 23.2 Å². The molecule has 1 heterocycles. The van der Waals surface area contributed by atoms with E-state index in [-0.39, 0.29) is 46.4 Å². The Morgan fingerprint density at radius 3 is 2.45 bits per heavy atom. The summed E-state index contributed by atoms with van der Waals surface area (Å²) >= 11 is 6.06. The van der Waals surface area contributed by atoms with E-state index in [9.17, 15) is 18.4 Å². The summed E-state index contributed by atoms with van der Waals surface area (Å²) in [5.41, 5.74) is -0.216. The van der Waals surface area contributed by atoms with Crippen molar-refractivity contribution in [3.05, 3.63) is 52.1 Å². The van der Waals surface area contributed by atoms with Crippen molar-refractivity contribution in [2.24, 2.45) is 11.3 Å². The summed E-state index contributed by atoms with van der Waals surface area (Å²) in [5, 5.41) is 4.36. The van der Waals surface area contributed by atoms with Crippen LogP contribution in [-0.4, -0.2) is 39.5 Å². The number of alkyl halides is 1. The highest BCUT2D eigenvalue weighted by molar-refractivity contribution is 6.34. The molecule has 3 rings (SSSR count). The molecule has 1 aliphatic carbocycles. The van der Waals surface area contributed by atoms with Gasteiger partial charge in [-0.15, -0.1) is 0 Å². The van der Waals surface area contributed by atoms with Gasteiger partial charge in [0.05, 0.1) is 40.6 Å².